The van der Waals surface area contributed by atoms with E-state index in [1.165, 1.54) is 0 Å². The molecular formula is C11H13N5O2. The molecule has 0 aliphatic carbocycles. The van der Waals surface area contributed by atoms with Gasteiger partial charge >= 0.3 is 0 Å². The van der Waals surface area contributed by atoms with Gasteiger partial charge in [0.05, 0.1) is 5.69 Å². The molecule has 2 aromatic heterocycles. The molecule has 3 heterocycles. The van der Waals surface area contributed by atoms with Crippen LogP contribution in [0, 0.1) is 6.92 Å². The third-order valence-corrected chi connectivity index (χ3v) is 2.94. The number of carbonyl (C=O) groups is 1. The first-order valence-corrected chi connectivity index (χ1v) is 5.91. The van der Waals surface area contributed by atoms with Gasteiger partial charge in [0.15, 0.2) is 0 Å². The zero-order chi connectivity index (χ0) is 12.5. The molecule has 1 N–H and O–H groups in total. The first kappa shape index (κ1) is 10.9. The third-order valence-electron chi connectivity index (χ3n) is 2.94. The Hall–Kier alpha value is -2.18. The average molecular weight is 247 g/mol. The summed E-state index contributed by atoms with van der Waals surface area (Å²) in [7, 11) is 0. The van der Waals surface area contributed by atoms with Gasteiger partial charge in [-0.05, 0) is 19.8 Å². The summed E-state index contributed by atoms with van der Waals surface area (Å²) >= 11 is 0. The van der Waals surface area contributed by atoms with Crippen molar-refractivity contribution < 1.29 is 9.32 Å². The molecule has 0 aromatic carbocycles. The van der Waals surface area contributed by atoms with Crippen LogP contribution in [0.2, 0.25) is 0 Å². The van der Waals surface area contributed by atoms with Crippen molar-refractivity contribution >= 4 is 11.9 Å². The lowest BCUT2D eigenvalue weighted by Gasteiger charge is -2.14. The first-order chi connectivity index (χ1) is 8.74. The maximum Gasteiger partial charge on any atom is 0.296 e. The molecule has 0 saturated carbocycles. The van der Waals surface area contributed by atoms with Gasteiger partial charge in [0.25, 0.3) is 5.91 Å². The van der Waals surface area contributed by atoms with Crippen LogP contribution in [0.4, 0.5) is 5.95 Å². The van der Waals surface area contributed by atoms with E-state index in [0.717, 1.165) is 31.6 Å². The van der Waals surface area contributed by atoms with E-state index in [1.807, 2.05) is 4.57 Å². The number of amides is 1. The molecule has 1 aliphatic rings. The lowest BCUT2D eigenvalue weighted by molar-refractivity contribution is 0.0986. The van der Waals surface area contributed by atoms with Crippen LogP contribution in [0.15, 0.2) is 10.6 Å². The van der Waals surface area contributed by atoms with Gasteiger partial charge in [-0.15, -0.1) is 10.2 Å². The highest BCUT2D eigenvalue weighted by atomic mass is 16.5. The van der Waals surface area contributed by atoms with Crippen LogP contribution in [0.3, 0.4) is 0 Å². The minimum atomic E-state index is -0.351. The fraction of sp³-hybridized carbons (Fsp3) is 0.455. The number of nitrogens with one attached hydrogen (secondary N) is 1. The van der Waals surface area contributed by atoms with Crippen molar-refractivity contribution in [2.24, 2.45) is 0 Å². The largest absolute Gasteiger partial charge is 0.351 e. The standard InChI is InChI=1S/C11H13N5O2/c1-7-6-8(18-15-7)10(17)12-11-14-13-9-4-2-3-5-16(9)11/h6H,2-5H2,1H3,(H,12,14,17). The van der Waals surface area contributed by atoms with Gasteiger partial charge in [-0.3, -0.25) is 14.7 Å². The summed E-state index contributed by atoms with van der Waals surface area (Å²) in [6.07, 6.45) is 3.10. The Morgan fingerprint density at radius 2 is 2.33 bits per heavy atom. The molecule has 3 rings (SSSR count). The lowest BCUT2D eigenvalue weighted by Crippen LogP contribution is -2.18. The number of anilines is 1. The monoisotopic (exact) mass is 247 g/mol. The van der Waals surface area contributed by atoms with E-state index in [1.54, 1.807) is 13.0 Å². The molecule has 2 aromatic rings. The Labute approximate surface area is 103 Å². The van der Waals surface area contributed by atoms with Crippen LogP contribution in [0.5, 0.6) is 0 Å². The Morgan fingerprint density at radius 1 is 1.44 bits per heavy atom. The molecule has 1 amide bonds. The molecule has 0 saturated heterocycles. The Bertz CT molecular complexity index is 586. The molecule has 18 heavy (non-hydrogen) atoms. The number of fused-ring (bicyclic) bond motifs is 1. The molecule has 0 fully saturated rings. The van der Waals surface area contributed by atoms with Crippen molar-refractivity contribution in [2.45, 2.75) is 32.7 Å². The van der Waals surface area contributed by atoms with Crippen molar-refractivity contribution in [2.75, 3.05) is 5.32 Å². The van der Waals surface area contributed by atoms with Crippen LogP contribution in [0.25, 0.3) is 0 Å². The fourth-order valence-corrected chi connectivity index (χ4v) is 2.03. The van der Waals surface area contributed by atoms with Gasteiger partial charge in [0.2, 0.25) is 11.7 Å². The number of rotatable bonds is 2. The second-order valence-corrected chi connectivity index (χ2v) is 4.34. The summed E-state index contributed by atoms with van der Waals surface area (Å²) < 4.78 is 6.83. The van der Waals surface area contributed by atoms with Crippen LogP contribution < -0.4 is 5.32 Å². The molecule has 0 spiro atoms. The van der Waals surface area contributed by atoms with Crippen LogP contribution in [-0.4, -0.2) is 25.8 Å². The number of nitrogens with zero attached hydrogens (tertiary/aromatic N) is 4. The Balaban J connectivity index is 1.80. The number of carbonyl (C=O) groups excluding carboxylic acids is 1. The van der Waals surface area contributed by atoms with Crippen molar-refractivity contribution in [3.63, 3.8) is 0 Å². The van der Waals surface area contributed by atoms with Gasteiger partial charge in [-0.1, -0.05) is 5.16 Å². The predicted molar refractivity (Wildman–Crippen MR) is 62.2 cm³/mol. The molecule has 0 unspecified atom stereocenters. The molecular weight excluding hydrogens is 234 g/mol. The second kappa shape index (κ2) is 4.25. The number of aryl methyl sites for hydroxylation is 2. The summed E-state index contributed by atoms with van der Waals surface area (Å²) in [5.41, 5.74) is 0.670. The molecule has 0 bridgehead atoms. The molecule has 0 radical (unpaired) electrons. The molecule has 7 nitrogen and oxygen atoms in total. The van der Waals surface area contributed by atoms with Crippen LogP contribution in [0.1, 0.15) is 34.9 Å². The van der Waals surface area contributed by atoms with E-state index in [2.05, 4.69) is 20.7 Å². The van der Waals surface area contributed by atoms with Gasteiger partial charge in [0.1, 0.15) is 5.82 Å². The van der Waals surface area contributed by atoms with E-state index in [-0.39, 0.29) is 11.7 Å². The number of aromatic nitrogens is 4. The summed E-state index contributed by atoms with van der Waals surface area (Å²) in [5, 5.41) is 14.4. The summed E-state index contributed by atoms with van der Waals surface area (Å²) in [4.78, 5) is 11.9. The summed E-state index contributed by atoms with van der Waals surface area (Å²) in [5.74, 6) is 1.23. The van der Waals surface area contributed by atoms with E-state index in [4.69, 9.17) is 4.52 Å². The first-order valence-electron chi connectivity index (χ1n) is 5.91. The highest BCUT2D eigenvalue weighted by molar-refractivity contribution is 6.01. The Kier molecular flexibility index (Phi) is 2.58. The van der Waals surface area contributed by atoms with Gasteiger partial charge in [-0.25, -0.2) is 0 Å². The highest BCUT2D eigenvalue weighted by Gasteiger charge is 2.19. The quantitative estimate of drug-likeness (QED) is 0.860. The highest BCUT2D eigenvalue weighted by Crippen LogP contribution is 2.17. The topological polar surface area (TPSA) is 85.8 Å². The maximum atomic E-state index is 11.9. The summed E-state index contributed by atoms with van der Waals surface area (Å²) in [6.45, 7) is 2.60. The third kappa shape index (κ3) is 1.87. The van der Waals surface area contributed by atoms with Crippen molar-refractivity contribution in [3.8, 4) is 0 Å². The molecule has 94 valence electrons. The van der Waals surface area contributed by atoms with E-state index < -0.39 is 0 Å². The van der Waals surface area contributed by atoms with Gasteiger partial charge in [-0.2, -0.15) is 0 Å². The zero-order valence-electron chi connectivity index (χ0n) is 10.0. The number of hydrogen-bond acceptors (Lipinski definition) is 5. The smallest absolute Gasteiger partial charge is 0.296 e. The second-order valence-electron chi connectivity index (χ2n) is 4.34. The SMILES string of the molecule is Cc1cc(C(=O)Nc2nnc3n2CCCC3)on1. The summed E-state index contributed by atoms with van der Waals surface area (Å²) in [6, 6.07) is 1.59. The molecule has 0 atom stereocenters. The van der Waals surface area contributed by atoms with Crippen molar-refractivity contribution in [1.82, 2.24) is 19.9 Å². The van der Waals surface area contributed by atoms with Crippen LogP contribution in [-0.2, 0) is 13.0 Å². The minimum Gasteiger partial charge on any atom is -0.351 e. The maximum absolute atomic E-state index is 11.9. The van der Waals surface area contributed by atoms with E-state index >= 15 is 0 Å². The number of hydrogen-bond donors (Lipinski definition) is 1. The van der Waals surface area contributed by atoms with Crippen LogP contribution >= 0.6 is 0 Å². The van der Waals surface area contributed by atoms with E-state index in [0.29, 0.717) is 11.6 Å². The lowest BCUT2D eigenvalue weighted by atomic mass is 10.2. The normalized spacial score (nSPS) is 14.3. The Morgan fingerprint density at radius 3 is 3.11 bits per heavy atom. The van der Waals surface area contributed by atoms with Gasteiger partial charge < -0.3 is 4.52 Å². The minimum absolute atomic E-state index is 0.181. The van der Waals surface area contributed by atoms with Crippen molar-refractivity contribution in [1.29, 1.82) is 0 Å². The predicted octanol–water partition coefficient (Wildman–Crippen LogP) is 1.16. The van der Waals surface area contributed by atoms with Crippen molar-refractivity contribution in [3.05, 3.63) is 23.3 Å². The van der Waals surface area contributed by atoms with E-state index in [9.17, 15) is 4.79 Å². The zero-order valence-corrected chi connectivity index (χ0v) is 10.0. The fourth-order valence-electron chi connectivity index (χ4n) is 2.03. The molecule has 1 aliphatic heterocycles. The molecule has 7 heteroatoms. The average Bonchev–Trinajstić information content (AvgIpc) is 2.97. The van der Waals surface area contributed by atoms with Gasteiger partial charge in [0, 0.05) is 19.0 Å².